The fraction of sp³-hybridized carbons (Fsp3) is 0.409. The van der Waals surface area contributed by atoms with Gasteiger partial charge in [-0.2, -0.15) is 4.31 Å². The van der Waals surface area contributed by atoms with Crippen LogP contribution >= 0.6 is 0 Å². The first-order valence-corrected chi connectivity index (χ1v) is 12.0. The average molecular weight is 447 g/mol. The predicted octanol–water partition coefficient (Wildman–Crippen LogP) is 4.08. The van der Waals surface area contributed by atoms with Crippen LogP contribution in [-0.2, 0) is 15.4 Å². The third kappa shape index (κ3) is 4.20. The number of rotatable bonds is 4. The molecule has 1 aromatic carbocycles. The topological polar surface area (TPSA) is 118 Å². The predicted molar refractivity (Wildman–Crippen MR) is 130 cm³/mol. The summed E-state index contributed by atoms with van der Waals surface area (Å²) in [5.74, 6) is 0.968. The molecule has 0 amide bonds. The van der Waals surface area contributed by atoms with Crippen LogP contribution < -0.4 is 5.73 Å². The molecule has 0 saturated heterocycles. The largest absolute Gasteiger partial charge is 0.382 e. The maximum absolute atomic E-state index is 12.1. The second-order valence-electron chi connectivity index (χ2n) is 8.79. The molecule has 0 aliphatic carbocycles. The van der Waals surface area contributed by atoms with Crippen LogP contribution in [0.2, 0.25) is 0 Å². The highest BCUT2D eigenvalue weighted by Crippen LogP contribution is 2.29. The van der Waals surface area contributed by atoms with Crippen molar-refractivity contribution in [3.63, 3.8) is 0 Å². The molecule has 3 heterocycles. The highest BCUT2D eigenvalue weighted by atomic mass is 32.2. The standard InChI is InChI=1S/C22H28N6O2S.3H2/c1-5-31(29,30)28-10-8-14(9-11-28)18-13-24-20(23)19(25-18)21-26-16-7-6-15(22(2,3)4)12-17(16)27-21;;;/h6-8,12-13H,5,9-11H2,1-4H3,(H2,23,24)(H,26,27);3*1H. The smallest absolute Gasteiger partial charge is 0.214 e. The Morgan fingerprint density at radius 3 is 2.68 bits per heavy atom. The van der Waals surface area contributed by atoms with Gasteiger partial charge in [0.1, 0.15) is 5.69 Å². The quantitative estimate of drug-likeness (QED) is 0.623. The van der Waals surface area contributed by atoms with Crippen molar-refractivity contribution in [2.24, 2.45) is 0 Å². The number of imidazole rings is 1. The number of hydrogen-bond acceptors (Lipinski definition) is 6. The summed E-state index contributed by atoms with van der Waals surface area (Å²) in [6.45, 7) is 8.94. The van der Waals surface area contributed by atoms with Gasteiger partial charge in [0.15, 0.2) is 11.6 Å². The highest BCUT2D eigenvalue weighted by Gasteiger charge is 2.24. The Labute approximate surface area is 187 Å². The van der Waals surface area contributed by atoms with Crippen molar-refractivity contribution >= 4 is 32.4 Å². The minimum Gasteiger partial charge on any atom is -0.382 e. The molecule has 8 nitrogen and oxygen atoms in total. The van der Waals surface area contributed by atoms with Crippen LogP contribution in [0.5, 0.6) is 0 Å². The van der Waals surface area contributed by atoms with E-state index in [0.29, 0.717) is 42.5 Å². The van der Waals surface area contributed by atoms with Crippen molar-refractivity contribution in [2.45, 2.75) is 39.5 Å². The van der Waals surface area contributed by atoms with Gasteiger partial charge < -0.3 is 10.7 Å². The lowest BCUT2D eigenvalue weighted by molar-refractivity contribution is 0.442. The molecule has 2 aromatic heterocycles. The van der Waals surface area contributed by atoms with Gasteiger partial charge in [-0.3, -0.25) is 0 Å². The van der Waals surface area contributed by atoms with E-state index in [1.54, 1.807) is 13.1 Å². The van der Waals surface area contributed by atoms with Crippen molar-refractivity contribution in [3.8, 4) is 11.5 Å². The molecule has 3 aromatic rings. The van der Waals surface area contributed by atoms with Gasteiger partial charge >= 0.3 is 0 Å². The Hall–Kier alpha value is -2.78. The summed E-state index contributed by atoms with van der Waals surface area (Å²) in [6.07, 6.45) is 4.11. The molecular formula is C22H34N6O2S. The van der Waals surface area contributed by atoms with E-state index in [0.717, 1.165) is 16.6 Å². The number of nitrogens with two attached hydrogens (primary N) is 1. The van der Waals surface area contributed by atoms with Crippen molar-refractivity contribution < 1.29 is 12.7 Å². The first-order chi connectivity index (χ1) is 14.6. The molecule has 170 valence electrons. The van der Waals surface area contributed by atoms with E-state index in [1.165, 1.54) is 9.87 Å². The van der Waals surface area contributed by atoms with Gasteiger partial charge in [-0.15, -0.1) is 0 Å². The zero-order valence-electron chi connectivity index (χ0n) is 18.3. The minimum absolute atomic E-state index is 0. The van der Waals surface area contributed by atoms with E-state index in [1.807, 2.05) is 12.1 Å². The summed E-state index contributed by atoms with van der Waals surface area (Å²) in [5.41, 5.74) is 11.3. The van der Waals surface area contributed by atoms with E-state index in [9.17, 15) is 8.42 Å². The molecule has 0 fully saturated rings. The van der Waals surface area contributed by atoms with Gasteiger partial charge in [-0.25, -0.2) is 23.4 Å². The molecule has 0 saturated carbocycles. The lowest BCUT2D eigenvalue weighted by Crippen LogP contribution is -2.35. The number of nitrogens with zero attached hydrogens (tertiary/aromatic N) is 4. The summed E-state index contributed by atoms with van der Waals surface area (Å²) < 4.78 is 25.7. The Balaban J connectivity index is 0.00000193. The molecular weight excluding hydrogens is 412 g/mol. The number of fused-ring (bicyclic) bond motifs is 1. The van der Waals surface area contributed by atoms with Gasteiger partial charge in [0, 0.05) is 17.4 Å². The maximum Gasteiger partial charge on any atom is 0.214 e. The lowest BCUT2D eigenvalue weighted by atomic mass is 9.87. The number of anilines is 1. The number of benzene rings is 1. The fourth-order valence-corrected chi connectivity index (χ4v) is 4.67. The molecule has 9 heteroatoms. The number of H-pyrrole nitrogens is 1. The normalized spacial score (nSPS) is 15.9. The van der Waals surface area contributed by atoms with Crippen molar-refractivity contribution in [1.29, 1.82) is 0 Å². The van der Waals surface area contributed by atoms with E-state index in [4.69, 9.17) is 10.7 Å². The van der Waals surface area contributed by atoms with Crippen LogP contribution in [0.1, 0.15) is 49.7 Å². The fourth-order valence-electron chi connectivity index (χ4n) is 3.63. The van der Waals surface area contributed by atoms with E-state index < -0.39 is 10.0 Å². The molecule has 3 N–H and O–H groups in total. The van der Waals surface area contributed by atoms with Gasteiger partial charge in [0.05, 0.1) is 28.7 Å². The summed E-state index contributed by atoms with van der Waals surface area (Å²) in [5, 5.41) is 0. The molecule has 31 heavy (non-hydrogen) atoms. The molecule has 4 rings (SSSR count). The number of hydrogen-bond donors (Lipinski definition) is 2. The van der Waals surface area contributed by atoms with E-state index in [2.05, 4.69) is 47.9 Å². The Morgan fingerprint density at radius 2 is 2.03 bits per heavy atom. The SMILES string of the molecule is CCS(=O)(=O)N1CC=C(c2cnc(N)c(-c3nc4ccc(C(C)(C)C)cc4[nH]3)n2)CC1.[HH].[HH].[HH]. The van der Waals surface area contributed by atoms with Gasteiger partial charge in [-0.05, 0) is 42.0 Å². The van der Waals surface area contributed by atoms with Crippen LogP contribution in [0.15, 0.2) is 30.5 Å². The number of aromatic nitrogens is 4. The molecule has 0 atom stereocenters. The number of nitrogens with one attached hydrogen (secondary N) is 1. The van der Waals surface area contributed by atoms with Crippen molar-refractivity contribution in [1.82, 2.24) is 24.2 Å². The molecule has 0 unspecified atom stereocenters. The first kappa shape index (κ1) is 21.5. The van der Waals surface area contributed by atoms with Gasteiger partial charge in [0.25, 0.3) is 0 Å². The molecule has 0 bridgehead atoms. The molecule has 1 aliphatic rings. The molecule has 0 radical (unpaired) electrons. The number of sulfonamides is 1. The third-order valence-electron chi connectivity index (χ3n) is 5.63. The second kappa shape index (κ2) is 7.72. The van der Waals surface area contributed by atoms with Crippen LogP contribution in [-0.4, -0.2) is 51.5 Å². The van der Waals surface area contributed by atoms with Crippen LogP contribution in [0.25, 0.3) is 28.1 Å². The van der Waals surface area contributed by atoms with Crippen molar-refractivity contribution in [2.75, 3.05) is 24.6 Å². The number of nitrogen functional groups attached to an aromatic ring is 1. The summed E-state index contributed by atoms with van der Waals surface area (Å²) >= 11 is 0. The summed E-state index contributed by atoms with van der Waals surface area (Å²) in [7, 11) is -3.20. The molecule has 0 spiro atoms. The Morgan fingerprint density at radius 1 is 1.26 bits per heavy atom. The van der Waals surface area contributed by atoms with Crippen molar-refractivity contribution in [3.05, 3.63) is 41.7 Å². The van der Waals surface area contributed by atoms with Crippen LogP contribution in [0, 0.1) is 0 Å². The first-order valence-electron chi connectivity index (χ1n) is 10.4. The highest BCUT2D eigenvalue weighted by molar-refractivity contribution is 7.89. The maximum atomic E-state index is 12.1. The molecule has 1 aliphatic heterocycles. The summed E-state index contributed by atoms with van der Waals surface area (Å²) in [4.78, 5) is 17.0. The second-order valence-corrected chi connectivity index (χ2v) is 11.1. The monoisotopic (exact) mass is 446 g/mol. The van der Waals surface area contributed by atoms with E-state index in [-0.39, 0.29) is 15.4 Å². The van der Waals surface area contributed by atoms with Gasteiger partial charge in [0.2, 0.25) is 10.0 Å². The average Bonchev–Trinajstić information content (AvgIpc) is 3.17. The van der Waals surface area contributed by atoms with Gasteiger partial charge in [-0.1, -0.05) is 32.9 Å². The third-order valence-corrected chi connectivity index (χ3v) is 7.48. The van der Waals surface area contributed by atoms with Crippen LogP contribution in [0.4, 0.5) is 5.82 Å². The lowest BCUT2D eigenvalue weighted by Gasteiger charge is -2.25. The van der Waals surface area contributed by atoms with E-state index >= 15 is 0 Å². The Bertz CT molecular complexity index is 1290. The Kier molecular flexibility index (Phi) is 5.35. The zero-order valence-corrected chi connectivity index (χ0v) is 19.1. The summed E-state index contributed by atoms with van der Waals surface area (Å²) in [6, 6.07) is 6.18. The van der Waals surface area contributed by atoms with Crippen LogP contribution in [0.3, 0.4) is 0 Å². The minimum atomic E-state index is -3.20. The zero-order chi connectivity index (χ0) is 22.4. The number of aromatic amines is 1.